The van der Waals surface area contributed by atoms with Crippen molar-refractivity contribution < 1.29 is 18.0 Å². The standard InChI is InChI=1S/C16H16ClN3O3S.C7H5N3O/c1-10-8-11-4-2-3-5-14(11)20(10)19-16(21)12-6-7-13(17)15(9-12)24(18,22)23;8-10-9-7(11)6-4-2-1-3-5-6/h2-7,9-10H,8H2,1H3,(H,19,21)(H2,18,22,23);1-5H. The number of para-hydroxylation sites is 1. The quantitative estimate of drug-likeness (QED) is 0.303. The Hall–Kier alpha value is -3.89. The van der Waals surface area contributed by atoms with Gasteiger partial charge in [0.25, 0.3) is 5.91 Å². The van der Waals surface area contributed by atoms with Crippen molar-refractivity contribution in [1.82, 2.24) is 5.43 Å². The summed E-state index contributed by atoms with van der Waals surface area (Å²) in [5.41, 5.74) is 13.4. The van der Waals surface area contributed by atoms with Gasteiger partial charge < -0.3 is 0 Å². The summed E-state index contributed by atoms with van der Waals surface area (Å²) in [7, 11) is -4.00. The summed E-state index contributed by atoms with van der Waals surface area (Å²) in [4.78, 5) is 25.5. The number of amides is 2. The highest BCUT2D eigenvalue weighted by Crippen LogP contribution is 2.30. The van der Waals surface area contributed by atoms with E-state index in [2.05, 4.69) is 15.5 Å². The summed E-state index contributed by atoms with van der Waals surface area (Å²) in [5, 5.41) is 9.82. The van der Waals surface area contributed by atoms with Crippen molar-refractivity contribution in [2.75, 3.05) is 5.01 Å². The lowest BCUT2D eigenvalue weighted by Crippen LogP contribution is -2.45. The number of halogens is 1. The van der Waals surface area contributed by atoms with Crippen molar-refractivity contribution in [2.45, 2.75) is 24.3 Å². The minimum atomic E-state index is -4.00. The van der Waals surface area contributed by atoms with Crippen LogP contribution in [0.4, 0.5) is 5.69 Å². The summed E-state index contributed by atoms with van der Waals surface area (Å²) >= 11 is 5.84. The first-order valence-corrected chi connectivity index (χ1v) is 12.2. The van der Waals surface area contributed by atoms with E-state index in [0.29, 0.717) is 5.56 Å². The molecule has 12 heteroatoms. The van der Waals surface area contributed by atoms with Gasteiger partial charge in [0.05, 0.1) is 16.8 Å². The van der Waals surface area contributed by atoms with Crippen LogP contribution < -0.4 is 15.6 Å². The van der Waals surface area contributed by atoms with Crippen molar-refractivity contribution in [2.24, 2.45) is 10.3 Å². The normalized spacial score (nSPS) is 14.1. The highest BCUT2D eigenvalue weighted by molar-refractivity contribution is 7.89. The molecule has 3 aromatic rings. The van der Waals surface area contributed by atoms with Crippen LogP contribution in [-0.2, 0) is 16.4 Å². The number of hydrogen-bond acceptors (Lipinski definition) is 5. The molecule has 0 bridgehead atoms. The molecule has 0 fully saturated rings. The molecule has 3 N–H and O–H groups in total. The number of nitrogens with one attached hydrogen (secondary N) is 1. The van der Waals surface area contributed by atoms with Crippen LogP contribution in [0, 0.1) is 0 Å². The highest BCUT2D eigenvalue weighted by atomic mass is 35.5. The zero-order valence-corrected chi connectivity index (χ0v) is 20.1. The van der Waals surface area contributed by atoms with Crippen LogP contribution in [0.1, 0.15) is 33.2 Å². The number of primary sulfonamides is 1. The third kappa shape index (κ3) is 6.37. The molecule has 1 aliphatic heterocycles. The molecule has 3 aromatic carbocycles. The second-order valence-electron chi connectivity index (χ2n) is 7.54. The van der Waals surface area contributed by atoms with E-state index < -0.39 is 21.8 Å². The van der Waals surface area contributed by atoms with Gasteiger partial charge in [-0.25, -0.2) is 13.6 Å². The summed E-state index contributed by atoms with van der Waals surface area (Å²) < 4.78 is 23.1. The minimum absolute atomic E-state index is 0.0195. The molecule has 0 saturated carbocycles. The molecule has 1 unspecified atom stereocenters. The third-order valence-electron chi connectivity index (χ3n) is 5.09. The Morgan fingerprint density at radius 1 is 1.09 bits per heavy atom. The van der Waals surface area contributed by atoms with E-state index in [1.807, 2.05) is 31.2 Å². The number of rotatable bonds is 4. The molecule has 0 spiro atoms. The molecule has 4 rings (SSSR count). The Bertz CT molecular complexity index is 1410. The molecular formula is C23H21ClN6O4S. The van der Waals surface area contributed by atoms with Gasteiger partial charge in [-0.05, 0) is 53.8 Å². The number of carbonyl (C=O) groups excluding carboxylic acids is 2. The number of nitrogens with two attached hydrogens (primary N) is 1. The zero-order valence-electron chi connectivity index (χ0n) is 18.5. The van der Waals surface area contributed by atoms with Crippen LogP contribution in [0.25, 0.3) is 10.4 Å². The predicted molar refractivity (Wildman–Crippen MR) is 132 cm³/mol. The Morgan fingerprint density at radius 2 is 1.74 bits per heavy atom. The minimum Gasteiger partial charge on any atom is -0.287 e. The Kier molecular flexibility index (Phi) is 8.10. The Balaban J connectivity index is 0.000000261. The van der Waals surface area contributed by atoms with Crippen LogP contribution in [0.3, 0.4) is 0 Å². The molecule has 10 nitrogen and oxygen atoms in total. The first kappa shape index (κ1) is 25.7. The molecule has 180 valence electrons. The average molecular weight is 513 g/mol. The summed E-state index contributed by atoms with van der Waals surface area (Å²) in [6, 6.07) is 20.3. The third-order valence-corrected chi connectivity index (χ3v) is 6.48. The fourth-order valence-electron chi connectivity index (χ4n) is 3.45. The van der Waals surface area contributed by atoms with Gasteiger partial charge in [-0.2, -0.15) is 0 Å². The van der Waals surface area contributed by atoms with E-state index in [1.165, 1.54) is 18.2 Å². The lowest BCUT2D eigenvalue weighted by atomic mass is 10.1. The smallest absolute Gasteiger partial charge is 0.269 e. The number of azide groups is 1. The fourth-order valence-corrected chi connectivity index (χ4v) is 4.52. The van der Waals surface area contributed by atoms with Crippen LogP contribution in [0.5, 0.6) is 0 Å². The van der Waals surface area contributed by atoms with Gasteiger partial charge in [-0.1, -0.05) is 60.1 Å². The van der Waals surface area contributed by atoms with E-state index in [9.17, 15) is 18.0 Å². The van der Waals surface area contributed by atoms with E-state index in [1.54, 1.807) is 35.3 Å². The van der Waals surface area contributed by atoms with Gasteiger partial charge in [0.15, 0.2) is 0 Å². The fraction of sp³-hybridized carbons (Fsp3) is 0.130. The predicted octanol–water partition coefficient (Wildman–Crippen LogP) is 4.22. The zero-order chi connectivity index (χ0) is 25.6. The Morgan fingerprint density at radius 3 is 2.40 bits per heavy atom. The number of fused-ring (bicyclic) bond motifs is 1. The van der Waals surface area contributed by atoms with Crippen molar-refractivity contribution >= 4 is 39.1 Å². The van der Waals surface area contributed by atoms with Crippen molar-refractivity contribution in [3.63, 3.8) is 0 Å². The number of nitrogens with zero attached hydrogens (tertiary/aromatic N) is 4. The number of benzene rings is 3. The number of hydrazine groups is 1. The van der Waals surface area contributed by atoms with Crippen LogP contribution in [-0.4, -0.2) is 26.3 Å². The van der Waals surface area contributed by atoms with Gasteiger partial charge in [0.1, 0.15) is 4.90 Å². The molecule has 1 aliphatic rings. The van der Waals surface area contributed by atoms with E-state index >= 15 is 0 Å². The van der Waals surface area contributed by atoms with Gasteiger partial charge in [-0.15, -0.1) is 0 Å². The van der Waals surface area contributed by atoms with E-state index in [0.717, 1.165) is 17.7 Å². The summed E-state index contributed by atoms with van der Waals surface area (Å²) in [6.45, 7) is 2.00. The van der Waals surface area contributed by atoms with Gasteiger partial charge in [-0.3, -0.25) is 20.0 Å². The highest BCUT2D eigenvalue weighted by Gasteiger charge is 2.27. The molecule has 0 saturated heterocycles. The molecule has 0 aliphatic carbocycles. The second-order valence-corrected chi connectivity index (χ2v) is 9.48. The van der Waals surface area contributed by atoms with Crippen molar-refractivity contribution in [1.29, 1.82) is 0 Å². The number of hydrogen-bond donors (Lipinski definition) is 2. The molecule has 2 amide bonds. The average Bonchev–Trinajstić information content (AvgIpc) is 3.14. The molecule has 0 radical (unpaired) electrons. The monoisotopic (exact) mass is 512 g/mol. The number of carbonyl (C=O) groups is 2. The topological polar surface area (TPSA) is 158 Å². The lowest BCUT2D eigenvalue weighted by molar-refractivity contribution is 0.0945. The first-order chi connectivity index (χ1) is 16.6. The molecular weight excluding hydrogens is 492 g/mol. The Labute approximate surface area is 207 Å². The van der Waals surface area contributed by atoms with Crippen molar-refractivity contribution in [3.8, 4) is 0 Å². The van der Waals surface area contributed by atoms with Gasteiger partial charge in [0, 0.05) is 16.0 Å². The van der Waals surface area contributed by atoms with E-state index in [4.69, 9.17) is 22.3 Å². The van der Waals surface area contributed by atoms with Crippen LogP contribution >= 0.6 is 11.6 Å². The SMILES string of the molecule is CC1Cc2ccccc2N1NC(=O)c1ccc(Cl)c(S(N)(=O)=O)c1.[N-]=[N+]=NC(=O)c1ccccc1. The summed E-state index contributed by atoms with van der Waals surface area (Å²) in [5.74, 6) is -0.979. The molecule has 1 atom stereocenters. The molecule has 1 heterocycles. The van der Waals surface area contributed by atoms with Gasteiger partial charge >= 0.3 is 0 Å². The number of anilines is 1. The van der Waals surface area contributed by atoms with Gasteiger partial charge in [0.2, 0.25) is 15.9 Å². The first-order valence-electron chi connectivity index (χ1n) is 10.3. The maximum atomic E-state index is 12.5. The second kappa shape index (κ2) is 11.0. The van der Waals surface area contributed by atoms with Crippen molar-refractivity contribution in [3.05, 3.63) is 105 Å². The summed E-state index contributed by atoms with van der Waals surface area (Å²) in [6.07, 6.45) is 0.819. The molecule has 35 heavy (non-hydrogen) atoms. The maximum Gasteiger partial charge on any atom is 0.269 e. The molecule has 0 aromatic heterocycles. The lowest BCUT2D eigenvalue weighted by Gasteiger charge is -2.25. The van der Waals surface area contributed by atoms with Crippen LogP contribution in [0.2, 0.25) is 5.02 Å². The maximum absolute atomic E-state index is 12.5. The largest absolute Gasteiger partial charge is 0.287 e. The number of sulfonamides is 1. The van der Waals surface area contributed by atoms with E-state index in [-0.39, 0.29) is 21.5 Å². The van der Waals surface area contributed by atoms with Crippen LogP contribution in [0.15, 0.2) is 82.8 Å².